The molecule has 0 saturated carbocycles. The van der Waals surface area contributed by atoms with Crippen LogP contribution in [0.2, 0.25) is 0 Å². The van der Waals surface area contributed by atoms with Gasteiger partial charge in [0.1, 0.15) is 0 Å². The lowest BCUT2D eigenvalue weighted by Gasteiger charge is -2.32. The maximum absolute atomic E-state index is 5.68. The molecule has 0 amide bonds. The number of hydrogen-bond donors (Lipinski definition) is 1. The van der Waals surface area contributed by atoms with E-state index in [4.69, 9.17) is 10.5 Å². The molecule has 1 atom stereocenters. The van der Waals surface area contributed by atoms with Gasteiger partial charge in [-0.15, -0.1) is 11.3 Å². The van der Waals surface area contributed by atoms with Crippen molar-refractivity contribution in [2.24, 2.45) is 5.73 Å². The Morgan fingerprint density at radius 2 is 2.56 bits per heavy atom. The number of nitrogens with two attached hydrogens (primary N) is 1. The Kier molecular flexibility index (Phi) is 4.15. The van der Waals surface area contributed by atoms with Gasteiger partial charge in [-0.2, -0.15) is 0 Å². The van der Waals surface area contributed by atoms with E-state index in [1.165, 1.54) is 12.8 Å². The van der Waals surface area contributed by atoms with Gasteiger partial charge < -0.3 is 15.4 Å². The first-order chi connectivity index (χ1) is 7.83. The van der Waals surface area contributed by atoms with E-state index in [-0.39, 0.29) is 0 Å². The van der Waals surface area contributed by atoms with Crippen LogP contribution in [-0.4, -0.2) is 30.8 Å². The zero-order valence-corrected chi connectivity index (χ0v) is 10.5. The molecular weight excluding hydrogens is 222 g/mol. The molecule has 1 unspecified atom stereocenters. The van der Waals surface area contributed by atoms with Crippen molar-refractivity contribution >= 4 is 16.5 Å². The molecule has 0 aromatic carbocycles. The third-order valence-electron chi connectivity index (χ3n) is 2.80. The lowest BCUT2D eigenvalue weighted by Crippen LogP contribution is -2.39. The predicted molar refractivity (Wildman–Crippen MR) is 66.9 cm³/mol. The molecule has 2 heterocycles. The summed E-state index contributed by atoms with van der Waals surface area (Å²) in [5.74, 6) is 0. The van der Waals surface area contributed by atoms with Crippen LogP contribution in [0.5, 0.6) is 0 Å². The van der Waals surface area contributed by atoms with Gasteiger partial charge in [-0.25, -0.2) is 4.98 Å². The van der Waals surface area contributed by atoms with E-state index in [2.05, 4.69) is 16.8 Å². The van der Waals surface area contributed by atoms with Crippen LogP contribution in [0.1, 0.15) is 25.5 Å². The van der Waals surface area contributed by atoms with E-state index in [0.29, 0.717) is 12.6 Å². The van der Waals surface area contributed by atoms with Gasteiger partial charge in [-0.3, -0.25) is 0 Å². The molecule has 16 heavy (non-hydrogen) atoms. The van der Waals surface area contributed by atoms with Crippen molar-refractivity contribution in [2.45, 2.75) is 32.4 Å². The van der Waals surface area contributed by atoms with Crippen molar-refractivity contribution in [1.29, 1.82) is 0 Å². The highest BCUT2D eigenvalue weighted by molar-refractivity contribution is 7.13. The standard InChI is InChI=1S/C11H19N3OS/c1-2-15-10-4-3-5-14(7-10)11-13-9(6-12)8-16-11/h8,10H,2-7,12H2,1H3. The van der Waals surface area contributed by atoms with Crippen LogP contribution in [-0.2, 0) is 11.3 Å². The van der Waals surface area contributed by atoms with Crippen LogP contribution < -0.4 is 10.6 Å². The second-order valence-corrected chi connectivity index (χ2v) is 4.83. The maximum Gasteiger partial charge on any atom is 0.185 e. The number of ether oxygens (including phenoxy) is 1. The minimum absolute atomic E-state index is 0.365. The van der Waals surface area contributed by atoms with Gasteiger partial charge in [0.15, 0.2) is 5.13 Å². The molecule has 0 radical (unpaired) electrons. The van der Waals surface area contributed by atoms with Gasteiger partial charge in [0.25, 0.3) is 0 Å². The van der Waals surface area contributed by atoms with Crippen molar-refractivity contribution < 1.29 is 4.74 Å². The summed E-state index contributed by atoms with van der Waals surface area (Å²) in [6.45, 7) is 5.42. The van der Waals surface area contributed by atoms with Crippen molar-refractivity contribution in [1.82, 2.24) is 4.98 Å². The summed E-state index contributed by atoms with van der Waals surface area (Å²) < 4.78 is 5.68. The molecule has 0 bridgehead atoms. The Morgan fingerprint density at radius 3 is 3.25 bits per heavy atom. The molecule has 1 aliphatic rings. The molecule has 2 rings (SSSR count). The average Bonchev–Trinajstić information content (AvgIpc) is 2.78. The molecule has 1 aliphatic heterocycles. The molecule has 0 spiro atoms. The van der Waals surface area contributed by atoms with Crippen LogP contribution >= 0.6 is 11.3 Å². The molecule has 5 heteroatoms. The van der Waals surface area contributed by atoms with E-state index in [9.17, 15) is 0 Å². The normalized spacial score (nSPS) is 21.4. The first-order valence-electron chi connectivity index (χ1n) is 5.84. The van der Waals surface area contributed by atoms with Crippen LogP contribution in [0, 0.1) is 0 Å². The molecule has 2 N–H and O–H groups in total. The van der Waals surface area contributed by atoms with Crippen molar-refractivity contribution in [3.8, 4) is 0 Å². The monoisotopic (exact) mass is 241 g/mol. The Hall–Kier alpha value is -0.650. The fourth-order valence-electron chi connectivity index (χ4n) is 2.02. The Labute approximate surface area is 100 Å². The molecule has 1 aromatic heterocycles. The molecule has 1 fully saturated rings. The Balaban J connectivity index is 1.98. The molecule has 90 valence electrons. The summed E-state index contributed by atoms with van der Waals surface area (Å²) in [5, 5.41) is 3.13. The number of nitrogens with zero attached hydrogens (tertiary/aromatic N) is 2. The summed E-state index contributed by atoms with van der Waals surface area (Å²) in [7, 11) is 0. The number of piperidine rings is 1. The van der Waals surface area contributed by atoms with Crippen molar-refractivity contribution in [3.63, 3.8) is 0 Å². The second kappa shape index (κ2) is 5.61. The van der Waals surface area contributed by atoms with Crippen LogP contribution in [0.3, 0.4) is 0 Å². The quantitative estimate of drug-likeness (QED) is 0.870. The average molecular weight is 241 g/mol. The molecular formula is C11H19N3OS. The molecule has 1 aromatic rings. The Morgan fingerprint density at radius 1 is 1.69 bits per heavy atom. The first-order valence-corrected chi connectivity index (χ1v) is 6.72. The summed E-state index contributed by atoms with van der Waals surface area (Å²) in [6, 6.07) is 0. The van der Waals surface area contributed by atoms with E-state index >= 15 is 0 Å². The van der Waals surface area contributed by atoms with Crippen molar-refractivity contribution in [2.75, 3.05) is 24.6 Å². The fraction of sp³-hybridized carbons (Fsp3) is 0.727. The maximum atomic E-state index is 5.68. The van der Waals surface area contributed by atoms with E-state index in [1.807, 2.05) is 5.38 Å². The number of thiazole rings is 1. The summed E-state index contributed by atoms with van der Waals surface area (Å²) in [6.07, 6.45) is 2.71. The van der Waals surface area contributed by atoms with Gasteiger partial charge >= 0.3 is 0 Å². The number of aromatic nitrogens is 1. The van der Waals surface area contributed by atoms with E-state index in [0.717, 1.165) is 30.5 Å². The summed E-state index contributed by atoms with van der Waals surface area (Å²) >= 11 is 1.68. The SMILES string of the molecule is CCOC1CCCN(c2nc(CN)cs2)C1. The number of anilines is 1. The molecule has 4 nitrogen and oxygen atoms in total. The number of rotatable bonds is 4. The molecule has 1 saturated heterocycles. The van der Waals surface area contributed by atoms with Gasteiger partial charge in [0.05, 0.1) is 11.8 Å². The van der Waals surface area contributed by atoms with Gasteiger partial charge in [-0.05, 0) is 19.8 Å². The minimum atomic E-state index is 0.365. The topological polar surface area (TPSA) is 51.4 Å². The third kappa shape index (κ3) is 2.72. The second-order valence-electron chi connectivity index (χ2n) is 3.99. The lowest BCUT2D eigenvalue weighted by molar-refractivity contribution is 0.0526. The smallest absolute Gasteiger partial charge is 0.185 e. The van der Waals surface area contributed by atoms with Crippen LogP contribution in [0.15, 0.2) is 5.38 Å². The first kappa shape index (κ1) is 11.8. The predicted octanol–water partition coefficient (Wildman–Crippen LogP) is 1.61. The van der Waals surface area contributed by atoms with Crippen LogP contribution in [0.25, 0.3) is 0 Å². The largest absolute Gasteiger partial charge is 0.377 e. The third-order valence-corrected chi connectivity index (χ3v) is 3.75. The zero-order chi connectivity index (χ0) is 11.4. The van der Waals surface area contributed by atoms with Crippen molar-refractivity contribution in [3.05, 3.63) is 11.1 Å². The zero-order valence-electron chi connectivity index (χ0n) is 9.69. The van der Waals surface area contributed by atoms with Gasteiger partial charge in [0, 0.05) is 31.6 Å². The Bertz CT molecular complexity index is 327. The van der Waals surface area contributed by atoms with E-state index < -0.39 is 0 Å². The highest BCUT2D eigenvalue weighted by atomic mass is 32.1. The van der Waals surface area contributed by atoms with Crippen LogP contribution in [0.4, 0.5) is 5.13 Å². The minimum Gasteiger partial charge on any atom is -0.377 e. The number of hydrogen-bond acceptors (Lipinski definition) is 5. The van der Waals surface area contributed by atoms with Gasteiger partial charge in [0.2, 0.25) is 0 Å². The highest BCUT2D eigenvalue weighted by Crippen LogP contribution is 2.24. The van der Waals surface area contributed by atoms with Gasteiger partial charge in [-0.1, -0.05) is 0 Å². The fourth-order valence-corrected chi connectivity index (χ4v) is 2.89. The summed E-state index contributed by atoms with van der Waals surface area (Å²) in [5.41, 5.74) is 6.55. The van der Waals surface area contributed by atoms with E-state index in [1.54, 1.807) is 11.3 Å². The molecule has 0 aliphatic carbocycles. The highest BCUT2D eigenvalue weighted by Gasteiger charge is 2.21. The summed E-state index contributed by atoms with van der Waals surface area (Å²) in [4.78, 5) is 6.82. The lowest BCUT2D eigenvalue weighted by atomic mass is 10.1.